The van der Waals surface area contributed by atoms with Crippen molar-refractivity contribution in [2.24, 2.45) is 0 Å². The predicted molar refractivity (Wildman–Crippen MR) is 220 cm³/mol. The number of unbranched alkanes of at least 4 members (excludes halogenated alkanes) is 10. The van der Waals surface area contributed by atoms with Crippen molar-refractivity contribution in [2.45, 2.75) is 156 Å². The van der Waals surface area contributed by atoms with Gasteiger partial charge < -0.3 is 28.4 Å². The van der Waals surface area contributed by atoms with Crippen LogP contribution in [-0.4, -0.2) is 63.8 Å². The quantitative estimate of drug-likeness (QED) is 0.0378. The number of hydrogen-bond donors (Lipinski definition) is 0. The predicted octanol–water partition coefficient (Wildman–Crippen LogP) is 11.5. The van der Waals surface area contributed by atoms with E-state index in [1.54, 1.807) is 0 Å². The van der Waals surface area contributed by atoms with Crippen LogP contribution >= 0.6 is 0 Å². The first kappa shape index (κ1) is 45.0. The summed E-state index contributed by atoms with van der Waals surface area (Å²) in [6.45, 7) is 14.6. The smallest absolute Gasteiger partial charge is 0.306 e. The highest BCUT2D eigenvalue weighted by Gasteiger charge is 2.23. The molecular formula is C46H70O8. The summed E-state index contributed by atoms with van der Waals surface area (Å²) in [7, 11) is 0. The van der Waals surface area contributed by atoms with Gasteiger partial charge in [0.2, 0.25) is 0 Å². The average Bonchev–Trinajstić information content (AvgIpc) is 3.14. The molecule has 0 bridgehead atoms. The maximum atomic E-state index is 12.6. The lowest BCUT2D eigenvalue weighted by molar-refractivity contribution is -0.155. The van der Waals surface area contributed by atoms with Gasteiger partial charge in [-0.2, -0.15) is 0 Å². The highest BCUT2D eigenvalue weighted by molar-refractivity contribution is 6.11. The Hall–Kier alpha value is -3.36. The Bertz CT molecular complexity index is 1400. The third kappa shape index (κ3) is 16.2. The van der Waals surface area contributed by atoms with E-state index in [4.69, 9.17) is 28.4 Å². The van der Waals surface area contributed by atoms with E-state index < -0.39 is 12.2 Å². The maximum Gasteiger partial charge on any atom is 0.306 e. The molecule has 0 amide bonds. The zero-order chi connectivity index (χ0) is 39.0. The largest absolute Gasteiger partial charge is 0.488 e. The molecule has 54 heavy (non-hydrogen) atoms. The van der Waals surface area contributed by atoms with Crippen molar-refractivity contribution in [2.75, 3.05) is 39.6 Å². The van der Waals surface area contributed by atoms with E-state index >= 15 is 0 Å². The van der Waals surface area contributed by atoms with Crippen molar-refractivity contribution in [3.05, 3.63) is 47.5 Å². The third-order valence-electron chi connectivity index (χ3n) is 9.55. The van der Waals surface area contributed by atoms with Gasteiger partial charge in [-0.1, -0.05) is 127 Å². The first-order chi connectivity index (χ1) is 26.3. The van der Waals surface area contributed by atoms with Crippen LogP contribution in [0.3, 0.4) is 0 Å². The molecule has 0 aliphatic carbocycles. The first-order valence-corrected chi connectivity index (χ1v) is 21.1. The van der Waals surface area contributed by atoms with E-state index in [0.29, 0.717) is 50.4 Å². The van der Waals surface area contributed by atoms with Gasteiger partial charge in [0.05, 0.1) is 13.2 Å². The molecule has 0 radical (unpaired) electrons. The van der Waals surface area contributed by atoms with E-state index in [9.17, 15) is 9.59 Å². The number of carbonyl (C=O) groups is 2. The topological polar surface area (TPSA) is 89.5 Å². The molecule has 3 aromatic carbocycles. The molecule has 0 aliphatic heterocycles. The number of carbonyl (C=O) groups excluding carboxylic acids is 2. The van der Waals surface area contributed by atoms with Crippen molar-refractivity contribution in [3.63, 3.8) is 0 Å². The maximum absolute atomic E-state index is 12.6. The molecule has 3 rings (SSSR count). The summed E-state index contributed by atoms with van der Waals surface area (Å²) in [5, 5.41) is 3.57. The molecule has 8 nitrogen and oxygen atoms in total. The fraction of sp³-hybridized carbons (Fsp3) is 0.652. The summed E-state index contributed by atoms with van der Waals surface area (Å²) in [4.78, 5) is 25.3. The second-order valence-electron chi connectivity index (χ2n) is 14.8. The first-order valence-electron chi connectivity index (χ1n) is 21.1. The number of ether oxygens (including phenoxy) is 6. The van der Waals surface area contributed by atoms with Crippen LogP contribution in [0.2, 0.25) is 0 Å². The van der Waals surface area contributed by atoms with Gasteiger partial charge in [0.25, 0.3) is 0 Å². The second-order valence-corrected chi connectivity index (χ2v) is 14.8. The van der Waals surface area contributed by atoms with Crippen molar-refractivity contribution in [1.82, 2.24) is 0 Å². The van der Waals surface area contributed by atoms with Gasteiger partial charge in [0.1, 0.15) is 24.7 Å². The van der Waals surface area contributed by atoms with Crippen LogP contribution in [-0.2, 0) is 28.5 Å². The molecule has 2 atom stereocenters. The zero-order valence-corrected chi connectivity index (χ0v) is 34.4. The molecule has 2 unspecified atom stereocenters. The minimum atomic E-state index is -0.546. The van der Waals surface area contributed by atoms with Crippen LogP contribution < -0.4 is 9.47 Å². The lowest BCUT2D eigenvalue weighted by Gasteiger charge is -2.23. The summed E-state index contributed by atoms with van der Waals surface area (Å²) >= 11 is 0. The van der Waals surface area contributed by atoms with Gasteiger partial charge in [-0.05, 0) is 51.7 Å². The Morgan fingerprint density at radius 2 is 0.870 bits per heavy atom. The van der Waals surface area contributed by atoms with Gasteiger partial charge in [-0.15, -0.1) is 0 Å². The molecule has 0 spiro atoms. The normalized spacial score (nSPS) is 12.6. The van der Waals surface area contributed by atoms with Crippen molar-refractivity contribution >= 4 is 33.5 Å². The molecule has 0 aromatic heterocycles. The lowest BCUT2D eigenvalue weighted by atomic mass is 9.97. The molecule has 0 saturated carbocycles. The third-order valence-corrected chi connectivity index (χ3v) is 9.55. The SMILES string of the molecule is CCCCCCCCOCC(COc1c2ccc(C)cc2c(OCC(COCCCCCCCC)OC(=O)CCC)c2ccc(C)cc12)OC(=O)CCC. The van der Waals surface area contributed by atoms with Crippen LogP contribution in [0.4, 0.5) is 0 Å². The fourth-order valence-electron chi connectivity index (χ4n) is 6.57. The Morgan fingerprint density at radius 1 is 0.481 bits per heavy atom. The summed E-state index contributed by atoms with van der Waals surface area (Å²) in [5.41, 5.74) is 2.15. The Balaban J connectivity index is 1.84. The van der Waals surface area contributed by atoms with Crippen LogP contribution in [0, 0.1) is 13.8 Å². The number of fused-ring (bicyclic) bond motifs is 2. The van der Waals surface area contributed by atoms with Crippen LogP contribution in [0.1, 0.15) is 142 Å². The van der Waals surface area contributed by atoms with Gasteiger partial charge in [0.15, 0.2) is 12.2 Å². The highest BCUT2D eigenvalue weighted by Crippen LogP contribution is 2.43. The number of esters is 2. The molecule has 0 aliphatic rings. The zero-order valence-electron chi connectivity index (χ0n) is 34.4. The molecule has 8 heteroatoms. The molecule has 3 aromatic rings. The van der Waals surface area contributed by atoms with Crippen LogP contribution in [0.5, 0.6) is 11.5 Å². The second kappa shape index (κ2) is 26.4. The van der Waals surface area contributed by atoms with Crippen molar-refractivity contribution < 1.29 is 38.0 Å². The molecular weight excluding hydrogens is 680 g/mol. The summed E-state index contributed by atoms with van der Waals surface area (Å²) < 4.78 is 37.1. The summed E-state index contributed by atoms with van der Waals surface area (Å²) in [5.74, 6) is 0.919. The minimum Gasteiger partial charge on any atom is -0.488 e. The lowest BCUT2D eigenvalue weighted by Crippen LogP contribution is -2.30. The Kier molecular flexibility index (Phi) is 22.1. The Morgan fingerprint density at radius 3 is 1.26 bits per heavy atom. The van der Waals surface area contributed by atoms with Gasteiger partial charge in [-0.3, -0.25) is 9.59 Å². The molecule has 0 saturated heterocycles. The minimum absolute atomic E-state index is 0.156. The van der Waals surface area contributed by atoms with Gasteiger partial charge in [-0.25, -0.2) is 0 Å². The van der Waals surface area contributed by atoms with E-state index in [1.165, 1.54) is 51.4 Å². The Labute approximate surface area is 325 Å². The van der Waals surface area contributed by atoms with Gasteiger partial charge in [0, 0.05) is 47.6 Å². The molecule has 302 valence electrons. The van der Waals surface area contributed by atoms with Gasteiger partial charge >= 0.3 is 11.9 Å². The monoisotopic (exact) mass is 751 g/mol. The number of rotatable bonds is 30. The highest BCUT2D eigenvalue weighted by atomic mass is 16.6. The van der Waals surface area contributed by atoms with Crippen molar-refractivity contribution in [1.29, 1.82) is 0 Å². The molecule has 0 heterocycles. The summed E-state index contributed by atoms with van der Waals surface area (Å²) in [6.07, 6.45) is 15.2. The molecule has 0 fully saturated rings. The number of hydrogen-bond acceptors (Lipinski definition) is 8. The average molecular weight is 751 g/mol. The number of benzene rings is 3. The standard InChI is InChI=1S/C46H70O8/c1-7-11-13-15-17-19-27-49-31-37(53-43(47)21-9-3)33-51-45-39-25-23-36(6)30-42(39)46(40-26-24-35(5)29-41(40)45)52-34-38(54-44(48)22-10-4)32-50-28-20-18-16-14-12-8-2/h23-26,29-30,37-38H,7-22,27-28,31-34H2,1-6H3. The van der Waals surface area contributed by atoms with Crippen LogP contribution in [0.15, 0.2) is 36.4 Å². The van der Waals surface area contributed by atoms with E-state index in [0.717, 1.165) is 58.4 Å². The van der Waals surface area contributed by atoms with E-state index in [2.05, 4.69) is 64.1 Å². The fourth-order valence-corrected chi connectivity index (χ4v) is 6.57. The van der Waals surface area contributed by atoms with E-state index in [1.807, 2.05) is 13.8 Å². The van der Waals surface area contributed by atoms with E-state index in [-0.39, 0.29) is 38.4 Å². The van der Waals surface area contributed by atoms with Crippen molar-refractivity contribution in [3.8, 4) is 11.5 Å². The number of aryl methyl sites for hydroxylation is 2. The molecule has 0 N–H and O–H groups in total. The summed E-state index contributed by atoms with van der Waals surface area (Å²) in [6, 6.07) is 12.5. The van der Waals surface area contributed by atoms with Crippen LogP contribution in [0.25, 0.3) is 21.5 Å².